The normalized spacial score (nSPS) is 14.5. The zero-order valence-corrected chi connectivity index (χ0v) is 30.4. The minimum atomic E-state index is -1.02. The van der Waals surface area contributed by atoms with Crippen molar-refractivity contribution in [2.24, 2.45) is 9.98 Å². The Bertz CT molecular complexity index is 1700. The number of hydrogen-bond acceptors (Lipinski definition) is 11. The predicted octanol–water partition coefficient (Wildman–Crippen LogP) is 2.84. The van der Waals surface area contributed by atoms with Crippen molar-refractivity contribution in [1.82, 2.24) is 4.57 Å². The SMILES string of the molecule is O=C(CCCCCn1c(O)c2ccc(=NCCOCCO)c3c(=NCCOCCO)ccc(c1O)c23)Nc1ccc([As]2SCCS2)cc1. The quantitative estimate of drug-likeness (QED) is 0.0761. The number of rotatable bonds is 18. The number of nitrogens with one attached hydrogen (secondary N) is 1. The summed E-state index contributed by atoms with van der Waals surface area (Å²) in [5, 5.41) is 47.5. The van der Waals surface area contributed by atoms with E-state index in [4.69, 9.17) is 29.7 Å². The van der Waals surface area contributed by atoms with E-state index in [-0.39, 0.29) is 44.1 Å². The second-order valence-corrected chi connectivity index (χ2v) is 22.8. The third-order valence-corrected chi connectivity index (χ3v) is 21.5. The van der Waals surface area contributed by atoms with Gasteiger partial charge in [0.15, 0.2) is 0 Å². The fourth-order valence-electron chi connectivity index (χ4n) is 5.54. The maximum atomic E-state index is 12.6. The Labute approximate surface area is 290 Å². The van der Waals surface area contributed by atoms with Gasteiger partial charge in [0.05, 0.1) is 63.4 Å². The summed E-state index contributed by atoms with van der Waals surface area (Å²) in [5.74, 6) is 2.36. The summed E-state index contributed by atoms with van der Waals surface area (Å²) in [6.07, 6.45) is 2.50. The molecule has 1 amide bonds. The number of aromatic hydroxyl groups is 2. The van der Waals surface area contributed by atoms with Crippen LogP contribution in [-0.4, -0.2) is 107 Å². The Kier molecular flexibility index (Phi) is 14.3. The monoisotopic (exact) mass is 758 g/mol. The van der Waals surface area contributed by atoms with Crippen LogP contribution in [-0.2, 0) is 20.8 Å². The molecule has 1 aliphatic rings. The van der Waals surface area contributed by atoms with Crippen LogP contribution in [0.5, 0.6) is 11.8 Å². The van der Waals surface area contributed by atoms with E-state index in [9.17, 15) is 15.0 Å². The fraction of sp³-hybridized carbons (Fsp3) is 0.441. The van der Waals surface area contributed by atoms with Gasteiger partial charge in [-0.3, -0.25) is 9.98 Å². The Morgan fingerprint density at radius 2 is 1.35 bits per heavy atom. The van der Waals surface area contributed by atoms with E-state index in [2.05, 4.69) is 37.5 Å². The minimum absolute atomic E-state index is 0.0185. The van der Waals surface area contributed by atoms with Gasteiger partial charge in [-0.25, -0.2) is 0 Å². The third-order valence-electron chi connectivity index (χ3n) is 7.76. The van der Waals surface area contributed by atoms with Crippen LogP contribution in [0, 0.1) is 0 Å². The topological polar surface area (TPSA) is 158 Å². The Hall–Kier alpha value is -2.77. The van der Waals surface area contributed by atoms with Crippen molar-refractivity contribution in [3.63, 3.8) is 0 Å². The molecule has 0 saturated carbocycles. The van der Waals surface area contributed by atoms with Crippen LogP contribution in [0.15, 0.2) is 58.5 Å². The molecule has 0 unspecified atom stereocenters. The van der Waals surface area contributed by atoms with Crippen LogP contribution < -0.4 is 20.4 Å². The van der Waals surface area contributed by atoms with E-state index in [1.807, 2.05) is 24.3 Å². The average molecular weight is 759 g/mol. The number of benzene rings is 3. The van der Waals surface area contributed by atoms with Crippen molar-refractivity contribution >= 4 is 69.9 Å². The van der Waals surface area contributed by atoms with Crippen LogP contribution in [0.4, 0.5) is 5.69 Å². The summed E-state index contributed by atoms with van der Waals surface area (Å²) < 4.78 is 13.7. The molecule has 0 aliphatic carbocycles. The summed E-state index contributed by atoms with van der Waals surface area (Å²) in [6.45, 7) is 2.12. The van der Waals surface area contributed by atoms with E-state index in [1.54, 1.807) is 12.1 Å². The molecule has 4 aromatic rings. The number of aromatic nitrogens is 1. The van der Waals surface area contributed by atoms with Gasteiger partial charge in [-0.1, -0.05) is 0 Å². The van der Waals surface area contributed by atoms with Crippen molar-refractivity contribution in [1.29, 1.82) is 0 Å². The van der Waals surface area contributed by atoms with E-state index < -0.39 is 12.3 Å². The van der Waals surface area contributed by atoms with Crippen LogP contribution in [0.3, 0.4) is 0 Å². The number of aliphatic hydroxyl groups excluding tert-OH is 2. The molecule has 1 aliphatic heterocycles. The van der Waals surface area contributed by atoms with Gasteiger partial charge in [0, 0.05) is 21.5 Å². The fourth-order valence-corrected chi connectivity index (χ4v) is 19.7. The molecule has 11 nitrogen and oxygen atoms in total. The number of carbonyl (C=O) groups is 1. The molecule has 0 spiro atoms. The van der Waals surface area contributed by atoms with Crippen LogP contribution in [0.25, 0.3) is 21.5 Å². The maximum absolute atomic E-state index is 12.6. The van der Waals surface area contributed by atoms with Gasteiger partial charge in [0.25, 0.3) is 0 Å². The molecule has 0 atom stereocenters. The number of amides is 1. The number of unbranched alkanes of at least 4 members (excludes halogenated alkanes) is 2. The first kappa shape index (κ1) is 36.5. The van der Waals surface area contributed by atoms with Crippen LogP contribution in [0.1, 0.15) is 25.7 Å². The third kappa shape index (κ3) is 9.47. The summed E-state index contributed by atoms with van der Waals surface area (Å²) in [4.78, 5) is 22.0. The van der Waals surface area contributed by atoms with E-state index >= 15 is 0 Å². The second kappa shape index (κ2) is 18.8. The van der Waals surface area contributed by atoms with Crippen molar-refractivity contribution in [3.8, 4) is 11.8 Å². The Morgan fingerprint density at radius 1 is 0.771 bits per heavy atom. The van der Waals surface area contributed by atoms with Crippen LogP contribution >= 0.6 is 20.0 Å². The zero-order valence-electron chi connectivity index (χ0n) is 26.8. The number of aliphatic hydroxyl groups is 2. The standard InChI is InChI=1S/C34H43AsN4O7S2/c40-16-20-45-18-13-36-28-11-9-26-31-27(10-12-29(32(28)31)37-14-19-46-21-17-41)34(44)39(33(26)43)15-3-1-2-4-30(42)38-25-7-5-24(6-8-25)35-47-22-23-48-35/h5-12,40-41,43-44H,1-4,13-23H2,(H,38,42). The summed E-state index contributed by atoms with van der Waals surface area (Å²) >= 11 is -1.02. The summed E-state index contributed by atoms with van der Waals surface area (Å²) in [6, 6.07) is 15.6. The predicted molar refractivity (Wildman–Crippen MR) is 194 cm³/mol. The average Bonchev–Trinajstić information content (AvgIpc) is 3.64. The number of nitrogens with zero attached hydrogens (tertiary/aromatic N) is 3. The number of carbonyl (C=O) groups excluding carboxylic acids is 1. The van der Waals surface area contributed by atoms with E-state index in [1.165, 1.54) is 20.4 Å². The molecular formula is C34H43AsN4O7S2. The molecule has 48 heavy (non-hydrogen) atoms. The van der Waals surface area contributed by atoms with Crippen molar-refractivity contribution < 1.29 is 34.7 Å². The van der Waals surface area contributed by atoms with Gasteiger partial charge in [-0.05, 0) is 24.3 Å². The molecular weight excluding hydrogens is 715 g/mol. The molecule has 0 radical (unpaired) electrons. The second-order valence-electron chi connectivity index (χ2n) is 11.1. The van der Waals surface area contributed by atoms with Crippen molar-refractivity contribution in [2.75, 3.05) is 69.6 Å². The molecule has 1 saturated heterocycles. The number of pyridine rings is 1. The van der Waals surface area contributed by atoms with Crippen molar-refractivity contribution in [2.45, 2.75) is 32.2 Å². The van der Waals surface area contributed by atoms with E-state index in [0.29, 0.717) is 84.4 Å². The molecule has 5 rings (SSSR count). The summed E-state index contributed by atoms with van der Waals surface area (Å²) in [5.41, 5.74) is 0.823. The van der Waals surface area contributed by atoms with Gasteiger partial charge in [0.1, 0.15) is 0 Å². The Morgan fingerprint density at radius 3 is 1.92 bits per heavy atom. The molecule has 0 bridgehead atoms. The Balaban J connectivity index is 1.26. The van der Waals surface area contributed by atoms with Gasteiger partial charge in [-0.2, -0.15) is 0 Å². The van der Waals surface area contributed by atoms with E-state index in [0.717, 1.165) is 12.1 Å². The van der Waals surface area contributed by atoms with Crippen molar-refractivity contribution in [3.05, 3.63) is 59.2 Å². The summed E-state index contributed by atoms with van der Waals surface area (Å²) in [7, 11) is 4.21. The van der Waals surface area contributed by atoms with Crippen LogP contribution in [0.2, 0.25) is 0 Å². The first-order valence-corrected chi connectivity index (χ1v) is 23.6. The molecule has 2 heterocycles. The molecule has 14 heteroatoms. The zero-order chi connectivity index (χ0) is 33.7. The number of anilines is 1. The molecule has 1 fully saturated rings. The molecule has 5 N–H and O–H groups in total. The van der Waals surface area contributed by atoms with Gasteiger partial charge >= 0.3 is 131 Å². The number of hydrogen-bond donors (Lipinski definition) is 5. The van der Waals surface area contributed by atoms with Gasteiger partial charge < -0.3 is 29.9 Å². The molecule has 3 aromatic carbocycles. The van der Waals surface area contributed by atoms with Gasteiger partial charge in [0.2, 0.25) is 11.8 Å². The molecule has 258 valence electrons. The molecule has 1 aromatic heterocycles. The van der Waals surface area contributed by atoms with Gasteiger partial charge in [-0.15, -0.1) is 0 Å². The first-order chi connectivity index (χ1) is 23.5. The first-order valence-electron chi connectivity index (χ1n) is 16.2. The number of ether oxygens (including phenoxy) is 2.